The lowest BCUT2D eigenvalue weighted by Crippen LogP contribution is -2.36. The lowest BCUT2D eigenvalue weighted by Gasteiger charge is -2.24. The number of aliphatic imine (C=N–C) groups is 2. The van der Waals surface area contributed by atoms with Gasteiger partial charge in [0, 0.05) is 21.9 Å². The molecule has 0 amide bonds. The maximum atomic E-state index is 6.42. The van der Waals surface area contributed by atoms with Gasteiger partial charge in [0.05, 0.1) is 0 Å². The van der Waals surface area contributed by atoms with Gasteiger partial charge in [0.15, 0.2) is 6.17 Å². The number of para-hydroxylation sites is 1. The van der Waals surface area contributed by atoms with Gasteiger partial charge in [-0.25, -0.2) is 9.98 Å². The van der Waals surface area contributed by atoms with E-state index in [1.807, 2.05) is 18.2 Å². The van der Waals surface area contributed by atoms with Crippen molar-refractivity contribution < 1.29 is 4.42 Å². The first kappa shape index (κ1) is 29.2. The van der Waals surface area contributed by atoms with E-state index in [1.54, 1.807) is 0 Å². The van der Waals surface area contributed by atoms with E-state index in [4.69, 9.17) is 14.4 Å². The Morgan fingerprint density at radius 1 is 0.431 bits per heavy atom. The molecule has 240 valence electrons. The third-order valence-corrected chi connectivity index (χ3v) is 9.94. The average molecular weight is 654 g/mol. The Morgan fingerprint density at radius 3 is 1.96 bits per heavy atom. The monoisotopic (exact) mass is 653 g/mol. The first-order chi connectivity index (χ1) is 25.3. The second-order valence-electron chi connectivity index (χ2n) is 13.0. The highest BCUT2D eigenvalue weighted by molar-refractivity contribution is 6.26. The van der Waals surface area contributed by atoms with Crippen molar-refractivity contribution in [3.8, 4) is 22.3 Å². The van der Waals surface area contributed by atoms with Gasteiger partial charge in [-0.1, -0.05) is 152 Å². The number of hydrogen-bond acceptors (Lipinski definition) is 4. The zero-order valence-corrected chi connectivity index (χ0v) is 27.6. The van der Waals surface area contributed by atoms with E-state index in [-0.39, 0.29) is 0 Å². The summed E-state index contributed by atoms with van der Waals surface area (Å²) in [6.07, 6.45) is -0.471. The molecule has 0 aliphatic carbocycles. The molecule has 9 aromatic rings. The Hall–Kier alpha value is -6.78. The van der Waals surface area contributed by atoms with Gasteiger partial charge >= 0.3 is 0 Å². The summed E-state index contributed by atoms with van der Waals surface area (Å²) in [5.74, 6) is 1.53. The number of nitrogens with one attached hydrogen (secondary N) is 1. The highest BCUT2D eigenvalue weighted by Gasteiger charge is 2.26. The fourth-order valence-corrected chi connectivity index (χ4v) is 7.44. The zero-order valence-electron chi connectivity index (χ0n) is 27.6. The third-order valence-electron chi connectivity index (χ3n) is 9.94. The van der Waals surface area contributed by atoms with E-state index in [9.17, 15) is 0 Å². The van der Waals surface area contributed by atoms with Gasteiger partial charge in [0.25, 0.3) is 0 Å². The molecule has 1 aliphatic heterocycles. The van der Waals surface area contributed by atoms with Crippen LogP contribution in [0.3, 0.4) is 0 Å². The summed E-state index contributed by atoms with van der Waals surface area (Å²) in [5.41, 5.74) is 9.23. The van der Waals surface area contributed by atoms with Crippen LogP contribution in [0.15, 0.2) is 190 Å². The predicted octanol–water partition coefficient (Wildman–Crippen LogP) is 11.7. The molecule has 0 fully saturated rings. The molecule has 0 spiro atoms. The summed E-state index contributed by atoms with van der Waals surface area (Å²) in [6, 6.07) is 61.6. The number of amidine groups is 2. The summed E-state index contributed by atoms with van der Waals surface area (Å²) in [6.45, 7) is 0. The minimum absolute atomic E-state index is 0.471. The minimum Gasteiger partial charge on any atom is -0.456 e. The molecule has 1 atom stereocenters. The van der Waals surface area contributed by atoms with Crippen molar-refractivity contribution in [3.63, 3.8) is 0 Å². The summed E-state index contributed by atoms with van der Waals surface area (Å²) in [5, 5.41) is 10.6. The van der Waals surface area contributed by atoms with E-state index in [0.29, 0.717) is 0 Å². The van der Waals surface area contributed by atoms with Gasteiger partial charge in [-0.05, 0) is 73.6 Å². The fourth-order valence-electron chi connectivity index (χ4n) is 7.44. The molecule has 4 heteroatoms. The SMILES string of the molecule is c1ccc(-c2ccc3oc4ccccc4c3c2C2=NC(c3ccc(-c4cccc5ccccc45)cc3)N=C(c3ccc4ccccc4c3)N2)cc1. The van der Waals surface area contributed by atoms with Crippen LogP contribution in [0.4, 0.5) is 0 Å². The van der Waals surface area contributed by atoms with Crippen molar-refractivity contribution in [1.29, 1.82) is 0 Å². The first-order valence-corrected chi connectivity index (χ1v) is 17.3. The number of nitrogens with zero attached hydrogens (tertiary/aromatic N) is 2. The second kappa shape index (κ2) is 12.0. The molecule has 0 bridgehead atoms. The normalized spacial score (nSPS) is 14.5. The predicted molar refractivity (Wildman–Crippen MR) is 211 cm³/mol. The molecule has 0 saturated carbocycles. The number of furan rings is 1. The second-order valence-corrected chi connectivity index (χ2v) is 13.0. The number of rotatable bonds is 5. The van der Waals surface area contributed by atoms with Crippen LogP contribution in [0.2, 0.25) is 0 Å². The maximum absolute atomic E-state index is 6.42. The smallest absolute Gasteiger partial charge is 0.169 e. The quantitative estimate of drug-likeness (QED) is 0.201. The van der Waals surface area contributed by atoms with Crippen LogP contribution in [0.5, 0.6) is 0 Å². The van der Waals surface area contributed by atoms with Gasteiger partial charge < -0.3 is 9.73 Å². The lowest BCUT2D eigenvalue weighted by molar-refractivity contribution is 0.669. The zero-order chi connectivity index (χ0) is 33.7. The molecule has 8 aromatic carbocycles. The van der Waals surface area contributed by atoms with E-state index < -0.39 is 6.17 Å². The van der Waals surface area contributed by atoms with E-state index in [2.05, 4.69) is 163 Å². The van der Waals surface area contributed by atoms with Crippen molar-refractivity contribution in [2.24, 2.45) is 9.98 Å². The van der Waals surface area contributed by atoms with Crippen molar-refractivity contribution in [1.82, 2.24) is 5.32 Å². The van der Waals surface area contributed by atoms with Crippen LogP contribution in [0.25, 0.3) is 65.7 Å². The largest absolute Gasteiger partial charge is 0.456 e. The van der Waals surface area contributed by atoms with Crippen molar-refractivity contribution >= 4 is 55.2 Å². The number of benzene rings is 8. The van der Waals surface area contributed by atoms with Crippen molar-refractivity contribution in [2.45, 2.75) is 6.17 Å². The van der Waals surface area contributed by atoms with Gasteiger partial charge in [-0.2, -0.15) is 0 Å². The van der Waals surface area contributed by atoms with Crippen LogP contribution >= 0.6 is 0 Å². The molecular weight excluding hydrogens is 623 g/mol. The highest BCUT2D eigenvalue weighted by Crippen LogP contribution is 2.39. The molecule has 2 heterocycles. The third kappa shape index (κ3) is 5.08. The maximum Gasteiger partial charge on any atom is 0.169 e. The van der Waals surface area contributed by atoms with Crippen LogP contribution < -0.4 is 5.32 Å². The molecule has 1 aromatic heterocycles. The summed E-state index contributed by atoms with van der Waals surface area (Å²) >= 11 is 0. The average Bonchev–Trinajstić information content (AvgIpc) is 3.59. The Labute approximate surface area is 295 Å². The van der Waals surface area contributed by atoms with Gasteiger partial charge in [0.2, 0.25) is 0 Å². The summed E-state index contributed by atoms with van der Waals surface area (Å²) < 4.78 is 6.42. The highest BCUT2D eigenvalue weighted by atomic mass is 16.3. The van der Waals surface area contributed by atoms with Gasteiger partial charge in [-0.3, -0.25) is 0 Å². The molecular formula is C47H31N3O. The Balaban J connectivity index is 1.17. The molecule has 1 N–H and O–H groups in total. The summed E-state index contributed by atoms with van der Waals surface area (Å²) in [4.78, 5) is 10.7. The Morgan fingerprint density at radius 2 is 1.10 bits per heavy atom. The standard InChI is InChI=1S/C47H31N3O/c1-2-12-32(13-3-1)39-27-28-42-43(40-18-8-9-20-41(40)51-42)44(39)47-49-45(48-46(50-47)36-26-21-30-11-4-5-15-35(30)29-36)34-24-22-33(23-25-34)38-19-10-16-31-14-6-7-17-37(31)38/h1-29,45H,(H,48,49,50). The topological polar surface area (TPSA) is 49.9 Å². The molecule has 51 heavy (non-hydrogen) atoms. The molecule has 10 rings (SSSR count). The van der Waals surface area contributed by atoms with Crippen molar-refractivity contribution in [3.05, 3.63) is 193 Å². The molecule has 0 radical (unpaired) electrons. The van der Waals surface area contributed by atoms with E-state index in [1.165, 1.54) is 21.7 Å². The number of fused-ring (bicyclic) bond motifs is 5. The Bertz CT molecular complexity index is 2820. The van der Waals surface area contributed by atoms with Gasteiger partial charge in [0.1, 0.15) is 22.8 Å². The molecule has 1 aliphatic rings. The molecule has 4 nitrogen and oxygen atoms in total. The van der Waals surface area contributed by atoms with Crippen molar-refractivity contribution in [2.75, 3.05) is 0 Å². The van der Waals surface area contributed by atoms with E-state index >= 15 is 0 Å². The lowest BCUT2D eigenvalue weighted by atomic mass is 9.93. The fraction of sp³-hybridized carbons (Fsp3) is 0.0213. The number of hydrogen-bond donors (Lipinski definition) is 1. The molecule has 1 unspecified atom stereocenters. The van der Waals surface area contributed by atoms with Crippen LogP contribution in [-0.2, 0) is 0 Å². The van der Waals surface area contributed by atoms with Gasteiger partial charge in [-0.15, -0.1) is 0 Å². The minimum atomic E-state index is -0.471. The summed E-state index contributed by atoms with van der Waals surface area (Å²) in [7, 11) is 0. The van der Waals surface area contributed by atoms with Crippen LogP contribution in [0, 0.1) is 0 Å². The molecule has 0 saturated heterocycles. The van der Waals surface area contributed by atoms with E-state index in [0.717, 1.165) is 72.4 Å². The Kier molecular flexibility index (Phi) is 6.85. The van der Waals surface area contributed by atoms with Crippen LogP contribution in [-0.4, -0.2) is 11.7 Å². The first-order valence-electron chi connectivity index (χ1n) is 17.3. The van der Waals surface area contributed by atoms with Crippen LogP contribution in [0.1, 0.15) is 22.9 Å².